The van der Waals surface area contributed by atoms with Crippen LogP contribution in [0.4, 0.5) is 15.8 Å². The molecule has 164 valence electrons. The van der Waals surface area contributed by atoms with Crippen molar-refractivity contribution in [2.45, 2.75) is 13.0 Å². The number of nitrogens with zero attached hydrogens (tertiary/aromatic N) is 4. The van der Waals surface area contributed by atoms with Crippen LogP contribution in [0.5, 0.6) is 0 Å². The monoisotopic (exact) mass is 435 g/mol. The fourth-order valence-electron chi connectivity index (χ4n) is 3.49. The van der Waals surface area contributed by atoms with Crippen LogP contribution in [0.15, 0.2) is 60.7 Å². The SMILES string of the molecule is CN(C(=O)CN1CCCn2nc(C(=O)Nc3ccc(F)cc3)cc2C1=O)c1ccccc1. The molecule has 0 unspecified atom stereocenters. The number of aromatic nitrogens is 2. The Labute approximate surface area is 184 Å². The van der Waals surface area contributed by atoms with Gasteiger partial charge in [0.25, 0.3) is 11.8 Å². The summed E-state index contributed by atoms with van der Waals surface area (Å²) in [5.74, 6) is -1.48. The molecule has 0 saturated heterocycles. The zero-order valence-electron chi connectivity index (χ0n) is 17.5. The van der Waals surface area contributed by atoms with E-state index in [0.717, 1.165) is 5.69 Å². The molecule has 0 bridgehead atoms. The second-order valence-corrected chi connectivity index (χ2v) is 7.47. The number of hydrogen-bond acceptors (Lipinski definition) is 4. The molecule has 1 aliphatic heterocycles. The molecular formula is C23H22FN5O3. The number of amides is 3. The van der Waals surface area contributed by atoms with Crippen molar-refractivity contribution >= 4 is 29.1 Å². The number of anilines is 2. The number of carbonyl (C=O) groups excluding carboxylic acids is 3. The number of likely N-dealkylation sites (N-methyl/N-ethyl adjacent to an activating group) is 1. The lowest BCUT2D eigenvalue weighted by molar-refractivity contribution is -0.119. The molecule has 32 heavy (non-hydrogen) atoms. The van der Waals surface area contributed by atoms with Gasteiger partial charge < -0.3 is 15.1 Å². The van der Waals surface area contributed by atoms with E-state index in [1.165, 1.54) is 44.8 Å². The van der Waals surface area contributed by atoms with Crippen molar-refractivity contribution in [1.82, 2.24) is 14.7 Å². The predicted octanol–water partition coefficient (Wildman–Crippen LogP) is 2.78. The molecule has 8 nitrogen and oxygen atoms in total. The first-order valence-corrected chi connectivity index (χ1v) is 10.2. The van der Waals surface area contributed by atoms with Crippen LogP contribution in [0.1, 0.15) is 27.4 Å². The molecule has 3 aromatic rings. The number of nitrogens with one attached hydrogen (secondary N) is 1. The average molecular weight is 435 g/mol. The molecule has 2 aromatic carbocycles. The van der Waals surface area contributed by atoms with E-state index in [4.69, 9.17) is 0 Å². The first-order chi connectivity index (χ1) is 15.4. The normalized spacial score (nSPS) is 13.3. The van der Waals surface area contributed by atoms with Crippen LogP contribution in [0.25, 0.3) is 0 Å². The van der Waals surface area contributed by atoms with Gasteiger partial charge in [-0.1, -0.05) is 18.2 Å². The smallest absolute Gasteiger partial charge is 0.276 e. The molecule has 1 N–H and O–H groups in total. The van der Waals surface area contributed by atoms with Gasteiger partial charge in [-0.05, 0) is 42.8 Å². The predicted molar refractivity (Wildman–Crippen MR) is 117 cm³/mol. The number of benzene rings is 2. The summed E-state index contributed by atoms with van der Waals surface area (Å²) in [6, 6.07) is 16.0. The van der Waals surface area contributed by atoms with Crippen LogP contribution < -0.4 is 10.2 Å². The van der Waals surface area contributed by atoms with Gasteiger partial charge in [-0.25, -0.2) is 4.39 Å². The lowest BCUT2D eigenvalue weighted by Crippen LogP contribution is -2.41. The van der Waals surface area contributed by atoms with Crippen molar-refractivity contribution in [2.75, 3.05) is 30.4 Å². The van der Waals surface area contributed by atoms with Crippen LogP contribution in [-0.2, 0) is 11.3 Å². The molecule has 9 heteroatoms. The maximum atomic E-state index is 13.1. The van der Waals surface area contributed by atoms with Crippen molar-refractivity contribution in [3.05, 3.63) is 77.9 Å². The number of halogens is 1. The van der Waals surface area contributed by atoms with Crippen molar-refractivity contribution in [1.29, 1.82) is 0 Å². The fraction of sp³-hybridized carbons (Fsp3) is 0.217. The molecule has 0 atom stereocenters. The number of para-hydroxylation sites is 1. The summed E-state index contributed by atoms with van der Waals surface area (Å²) in [6.07, 6.45) is 0.599. The minimum atomic E-state index is -0.503. The van der Waals surface area contributed by atoms with E-state index in [2.05, 4.69) is 10.4 Å². The summed E-state index contributed by atoms with van der Waals surface area (Å²) in [5, 5.41) is 6.89. The Morgan fingerprint density at radius 2 is 1.81 bits per heavy atom. The summed E-state index contributed by atoms with van der Waals surface area (Å²) in [5.41, 5.74) is 1.49. The quantitative estimate of drug-likeness (QED) is 0.668. The lowest BCUT2D eigenvalue weighted by Gasteiger charge is -2.23. The number of rotatable bonds is 5. The summed E-state index contributed by atoms with van der Waals surface area (Å²) >= 11 is 0. The highest BCUT2D eigenvalue weighted by Gasteiger charge is 2.28. The third-order valence-corrected chi connectivity index (χ3v) is 5.26. The van der Waals surface area contributed by atoms with Crippen LogP contribution in [0.2, 0.25) is 0 Å². The Balaban J connectivity index is 1.47. The Bertz CT molecular complexity index is 1140. The van der Waals surface area contributed by atoms with Gasteiger partial charge in [-0.15, -0.1) is 0 Å². The van der Waals surface area contributed by atoms with E-state index in [-0.39, 0.29) is 29.7 Å². The molecule has 0 fully saturated rings. The van der Waals surface area contributed by atoms with E-state index in [9.17, 15) is 18.8 Å². The fourth-order valence-corrected chi connectivity index (χ4v) is 3.49. The summed E-state index contributed by atoms with van der Waals surface area (Å²) in [4.78, 5) is 41.4. The largest absolute Gasteiger partial charge is 0.328 e. The summed E-state index contributed by atoms with van der Waals surface area (Å²) < 4.78 is 14.6. The standard InChI is InChI=1S/C23H22FN5O3/c1-27(18-6-3-2-4-7-18)21(30)15-28-12-5-13-29-20(23(28)32)14-19(26-29)22(31)25-17-10-8-16(24)9-11-17/h2-4,6-11,14H,5,12-13,15H2,1H3,(H,25,31). The molecule has 2 heterocycles. The van der Waals surface area contributed by atoms with Crippen molar-refractivity contribution < 1.29 is 18.8 Å². The molecule has 1 aromatic heterocycles. The summed E-state index contributed by atoms with van der Waals surface area (Å²) in [6.45, 7) is 0.782. The number of fused-ring (bicyclic) bond motifs is 1. The number of carbonyl (C=O) groups is 3. The first-order valence-electron chi connectivity index (χ1n) is 10.2. The van der Waals surface area contributed by atoms with E-state index in [1.54, 1.807) is 7.05 Å². The van der Waals surface area contributed by atoms with E-state index in [0.29, 0.717) is 25.2 Å². The van der Waals surface area contributed by atoms with Gasteiger partial charge >= 0.3 is 0 Å². The zero-order valence-corrected chi connectivity index (χ0v) is 17.5. The highest BCUT2D eigenvalue weighted by molar-refractivity contribution is 6.05. The molecular weight excluding hydrogens is 413 g/mol. The van der Waals surface area contributed by atoms with Crippen LogP contribution >= 0.6 is 0 Å². The Hall–Kier alpha value is -4.01. The maximum absolute atomic E-state index is 13.1. The van der Waals surface area contributed by atoms with Crippen molar-refractivity contribution in [3.8, 4) is 0 Å². The minimum absolute atomic E-state index is 0.0762. The van der Waals surface area contributed by atoms with Crippen molar-refractivity contribution in [3.63, 3.8) is 0 Å². The highest BCUT2D eigenvalue weighted by Crippen LogP contribution is 2.17. The third-order valence-electron chi connectivity index (χ3n) is 5.26. The van der Waals surface area contributed by atoms with E-state index < -0.39 is 11.7 Å². The number of aryl methyl sites for hydroxylation is 1. The molecule has 0 saturated carbocycles. The molecule has 0 radical (unpaired) electrons. The lowest BCUT2D eigenvalue weighted by atomic mass is 10.2. The Morgan fingerprint density at radius 3 is 2.53 bits per heavy atom. The van der Waals surface area contributed by atoms with E-state index in [1.807, 2.05) is 30.3 Å². The van der Waals surface area contributed by atoms with Gasteiger partial charge in [0.1, 0.15) is 18.1 Å². The minimum Gasteiger partial charge on any atom is -0.328 e. The van der Waals surface area contributed by atoms with Gasteiger partial charge in [-0.3, -0.25) is 19.1 Å². The van der Waals surface area contributed by atoms with Gasteiger partial charge in [0.15, 0.2) is 5.69 Å². The molecule has 3 amide bonds. The topological polar surface area (TPSA) is 87.5 Å². The van der Waals surface area contributed by atoms with Crippen LogP contribution in [-0.4, -0.2) is 52.5 Å². The molecule has 0 aliphatic carbocycles. The Kier molecular flexibility index (Phi) is 5.98. The average Bonchev–Trinajstić information content (AvgIpc) is 3.18. The van der Waals surface area contributed by atoms with Crippen LogP contribution in [0, 0.1) is 5.82 Å². The van der Waals surface area contributed by atoms with Gasteiger partial charge in [0.2, 0.25) is 5.91 Å². The van der Waals surface area contributed by atoms with Crippen LogP contribution in [0.3, 0.4) is 0 Å². The zero-order chi connectivity index (χ0) is 22.7. The molecule has 4 rings (SSSR count). The van der Waals surface area contributed by atoms with Crippen molar-refractivity contribution in [2.24, 2.45) is 0 Å². The third kappa shape index (κ3) is 4.51. The number of hydrogen-bond donors (Lipinski definition) is 1. The van der Waals surface area contributed by atoms with E-state index >= 15 is 0 Å². The maximum Gasteiger partial charge on any atom is 0.276 e. The highest BCUT2D eigenvalue weighted by atomic mass is 19.1. The van der Waals surface area contributed by atoms with Gasteiger partial charge in [-0.2, -0.15) is 5.10 Å². The van der Waals surface area contributed by atoms with Gasteiger partial charge in [0, 0.05) is 37.6 Å². The first kappa shape index (κ1) is 21.2. The molecule has 0 spiro atoms. The second-order valence-electron chi connectivity index (χ2n) is 7.47. The second kappa shape index (κ2) is 9.01. The van der Waals surface area contributed by atoms with Gasteiger partial charge in [0.05, 0.1) is 0 Å². The summed E-state index contributed by atoms with van der Waals surface area (Å²) in [7, 11) is 1.67. The molecule has 1 aliphatic rings. The Morgan fingerprint density at radius 1 is 1.09 bits per heavy atom.